The standard InChI is InChI=1S/C14H19ClN2O3/c1-4-14(3,12(18)19)8-16-13(20)17-11-9(2)6-5-7-10(11)15/h5-7H,4,8H2,1-3H3,(H,18,19)(H2,16,17,20). The van der Waals surface area contributed by atoms with Crippen LogP contribution in [0.15, 0.2) is 18.2 Å². The lowest BCUT2D eigenvalue weighted by Gasteiger charge is -2.23. The van der Waals surface area contributed by atoms with E-state index in [1.807, 2.05) is 13.0 Å². The lowest BCUT2D eigenvalue weighted by molar-refractivity contribution is -0.147. The van der Waals surface area contributed by atoms with Crippen molar-refractivity contribution in [1.82, 2.24) is 5.32 Å². The van der Waals surface area contributed by atoms with Crippen molar-refractivity contribution < 1.29 is 14.7 Å². The number of nitrogens with one attached hydrogen (secondary N) is 2. The predicted molar refractivity (Wildman–Crippen MR) is 79.2 cm³/mol. The van der Waals surface area contributed by atoms with Crippen LogP contribution in [0.4, 0.5) is 10.5 Å². The number of aliphatic carboxylic acids is 1. The highest BCUT2D eigenvalue weighted by Gasteiger charge is 2.31. The lowest BCUT2D eigenvalue weighted by Crippen LogP contribution is -2.42. The molecule has 0 bridgehead atoms. The van der Waals surface area contributed by atoms with Crippen LogP contribution < -0.4 is 10.6 Å². The Morgan fingerprint density at radius 1 is 1.40 bits per heavy atom. The molecule has 2 amide bonds. The second-order valence-electron chi connectivity index (χ2n) is 4.96. The molecule has 5 nitrogen and oxygen atoms in total. The van der Waals surface area contributed by atoms with Gasteiger partial charge in [0.15, 0.2) is 0 Å². The van der Waals surface area contributed by atoms with Gasteiger partial charge in [-0.25, -0.2) is 4.79 Å². The summed E-state index contributed by atoms with van der Waals surface area (Å²) in [7, 11) is 0. The molecule has 1 unspecified atom stereocenters. The number of carboxylic acid groups (broad SMARTS) is 1. The van der Waals surface area contributed by atoms with Crippen LogP contribution in [0.3, 0.4) is 0 Å². The van der Waals surface area contributed by atoms with Gasteiger partial charge in [-0.3, -0.25) is 4.79 Å². The average molecular weight is 299 g/mol. The SMILES string of the molecule is CCC(C)(CNC(=O)Nc1c(C)cccc1Cl)C(=O)O. The maximum atomic E-state index is 11.8. The van der Waals surface area contributed by atoms with Crippen LogP contribution in [0.25, 0.3) is 0 Å². The van der Waals surface area contributed by atoms with Crippen molar-refractivity contribution in [2.75, 3.05) is 11.9 Å². The summed E-state index contributed by atoms with van der Waals surface area (Å²) in [5.41, 5.74) is 0.386. The zero-order valence-corrected chi connectivity index (χ0v) is 12.5. The van der Waals surface area contributed by atoms with Crippen molar-refractivity contribution in [1.29, 1.82) is 0 Å². The van der Waals surface area contributed by atoms with E-state index in [1.54, 1.807) is 26.0 Å². The molecule has 3 N–H and O–H groups in total. The number of carboxylic acids is 1. The molecule has 0 aliphatic rings. The number of carbonyl (C=O) groups is 2. The predicted octanol–water partition coefficient (Wildman–Crippen LogP) is 3.27. The number of urea groups is 1. The summed E-state index contributed by atoms with van der Waals surface area (Å²) in [6.45, 7) is 5.24. The summed E-state index contributed by atoms with van der Waals surface area (Å²) in [6.07, 6.45) is 0.424. The minimum Gasteiger partial charge on any atom is -0.481 e. The van der Waals surface area contributed by atoms with Crippen molar-refractivity contribution in [3.63, 3.8) is 0 Å². The number of hydrogen-bond donors (Lipinski definition) is 3. The molecule has 6 heteroatoms. The molecule has 0 fully saturated rings. The van der Waals surface area contributed by atoms with Crippen LogP contribution in [-0.4, -0.2) is 23.7 Å². The van der Waals surface area contributed by atoms with Gasteiger partial charge < -0.3 is 15.7 Å². The van der Waals surface area contributed by atoms with Gasteiger partial charge in [0.25, 0.3) is 0 Å². The second-order valence-corrected chi connectivity index (χ2v) is 5.37. The number of para-hydroxylation sites is 1. The largest absolute Gasteiger partial charge is 0.481 e. The van der Waals surface area contributed by atoms with E-state index in [0.717, 1.165) is 5.56 Å². The van der Waals surface area contributed by atoms with Gasteiger partial charge in [0.05, 0.1) is 16.1 Å². The third-order valence-corrected chi connectivity index (χ3v) is 3.71. The van der Waals surface area contributed by atoms with Crippen LogP contribution >= 0.6 is 11.6 Å². The summed E-state index contributed by atoms with van der Waals surface area (Å²) in [6, 6.07) is 4.83. The number of hydrogen-bond acceptors (Lipinski definition) is 2. The fourth-order valence-electron chi connectivity index (χ4n) is 1.58. The number of amides is 2. The van der Waals surface area contributed by atoms with E-state index in [1.165, 1.54) is 0 Å². The van der Waals surface area contributed by atoms with Gasteiger partial charge in [0.2, 0.25) is 0 Å². The first-order valence-corrected chi connectivity index (χ1v) is 6.71. The maximum absolute atomic E-state index is 11.8. The normalized spacial score (nSPS) is 13.4. The van der Waals surface area contributed by atoms with Crippen LogP contribution in [0.1, 0.15) is 25.8 Å². The molecule has 110 valence electrons. The number of halogens is 1. The minimum absolute atomic E-state index is 0.0498. The first-order chi connectivity index (χ1) is 9.30. The van der Waals surface area contributed by atoms with E-state index in [-0.39, 0.29) is 6.54 Å². The molecule has 0 heterocycles. The van der Waals surface area contributed by atoms with Gasteiger partial charge >= 0.3 is 12.0 Å². The summed E-state index contributed by atoms with van der Waals surface area (Å²) in [5, 5.41) is 14.8. The Bertz CT molecular complexity index is 499. The molecule has 1 aromatic carbocycles. The quantitative estimate of drug-likeness (QED) is 0.780. The lowest BCUT2D eigenvalue weighted by atomic mass is 9.88. The molecular formula is C14H19ClN2O3. The van der Waals surface area contributed by atoms with E-state index in [9.17, 15) is 9.59 Å². The fraction of sp³-hybridized carbons (Fsp3) is 0.429. The Morgan fingerprint density at radius 3 is 2.55 bits per heavy atom. The van der Waals surface area contributed by atoms with Gasteiger partial charge in [-0.15, -0.1) is 0 Å². The van der Waals surface area contributed by atoms with Crippen LogP contribution in [0, 0.1) is 12.3 Å². The molecule has 0 aliphatic heterocycles. The Morgan fingerprint density at radius 2 is 2.05 bits per heavy atom. The summed E-state index contributed by atoms with van der Waals surface area (Å²) >= 11 is 6.00. The third-order valence-electron chi connectivity index (χ3n) is 3.40. The van der Waals surface area contributed by atoms with E-state index >= 15 is 0 Å². The highest BCUT2D eigenvalue weighted by atomic mass is 35.5. The molecule has 0 radical (unpaired) electrons. The second kappa shape index (κ2) is 6.61. The van der Waals surface area contributed by atoms with Crippen molar-refractivity contribution in [2.45, 2.75) is 27.2 Å². The zero-order chi connectivity index (χ0) is 15.3. The molecule has 20 heavy (non-hydrogen) atoms. The molecule has 0 saturated carbocycles. The van der Waals surface area contributed by atoms with E-state index in [2.05, 4.69) is 10.6 Å². The maximum Gasteiger partial charge on any atom is 0.319 e. The summed E-state index contributed by atoms with van der Waals surface area (Å²) in [5.74, 6) is -0.936. The number of benzene rings is 1. The first kappa shape index (κ1) is 16.3. The van der Waals surface area contributed by atoms with E-state index in [4.69, 9.17) is 16.7 Å². The van der Waals surface area contributed by atoms with Crippen molar-refractivity contribution in [2.24, 2.45) is 5.41 Å². The molecular weight excluding hydrogens is 280 g/mol. The minimum atomic E-state index is -0.979. The van der Waals surface area contributed by atoms with Gasteiger partial charge in [-0.05, 0) is 31.9 Å². The number of anilines is 1. The first-order valence-electron chi connectivity index (χ1n) is 6.33. The number of rotatable bonds is 5. The Balaban J connectivity index is 2.67. The summed E-state index contributed by atoms with van der Waals surface area (Å²) in [4.78, 5) is 23.0. The summed E-state index contributed by atoms with van der Waals surface area (Å²) < 4.78 is 0. The molecule has 0 aromatic heterocycles. The van der Waals surface area contributed by atoms with Gasteiger partial charge in [-0.2, -0.15) is 0 Å². The van der Waals surface area contributed by atoms with Gasteiger partial charge in [-0.1, -0.05) is 30.7 Å². The fourth-order valence-corrected chi connectivity index (χ4v) is 1.84. The molecule has 1 aromatic rings. The highest BCUT2D eigenvalue weighted by Crippen LogP contribution is 2.25. The van der Waals surface area contributed by atoms with Crippen LogP contribution in [-0.2, 0) is 4.79 Å². The van der Waals surface area contributed by atoms with Crippen molar-refractivity contribution in [3.8, 4) is 0 Å². The molecule has 0 saturated heterocycles. The van der Waals surface area contributed by atoms with Gasteiger partial charge in [0.1, 0.15) is 0 Å². The third kappa shape index (κ3) is 3.87. The zero-order valence-electron chi connectivity index (χ0n) is 11.8. The number of aryl methyl sites for hydroxylation is 1. The molecule has 0 aliphatic carbocycles. The molecule has 1 rings (SSSR count). The monoisotopic (exact) mass is 298 g/mol. The van der Waals surface area contributed by atoms with Crippen molar-refractivity contribution >= 4 is 29.3 Å². The van der Waals surface area contributed by atoms with E-state index < -0.39 is 17.4 Å². The van der Waals surface area contributed by atoms with Gasteiger partial charge in [0, 0.05) is 6.54 Å². The van der Waals surface area contributed by atoms with Crippen LogP contribution in [0.2, 0.25) is 5.02 Å². The Hall–Kier alpha value is -1.75. The highest BCUT2D eigenvalue weighted by molar-refractivity contribution is 6.33. The number of carbonyl (C=O) groups excluding carboxylic acids is 1. The molecule has 0 spiro atoms. The van der Waals surface area contributed by atoms with Crippen LogP contribution in [0.5, 0.6) is 0 Å². The Labute approximate surface area is 123 Å². The van der Waals surface area contributed by atoms with Crippen molar-refractivity contribution in [3.05, 3.63) is 28.8 Å². The smallest absolute Gasteiger partial charge is 0.319 e. The average Bonchev–Trinajstić information content (AvgIpc) is 2.40. The molecule has 1 atom stereocenters. The van der Waals surface area contributed by atoms with E-state index in [0.29, 0.717) is 17.1 Å². The Kier molecular flexibility index (Phi) is 5.39. The topological polar surface area (TPSA) is 78.4 Å².